The maximum absolute atomic E-state index is 13.1. The Kier molecular flexibility index (Phi) is 6.86. The molecule has 0 atom stereocenters. The van der Waals surface area contributed by atoms with E-state index in [-0.39, 0.29) is 18.4 Å². The lowest BCUT2D eigenvalue weighted by molar-refractivity contribution is 0.0793. The minimum atomic E-state index is -0.333. The molecule has 4 rings (SSSR count). The molecular formula is C26H29N3O5. The van der Waals surface area contributed by atoms with E-state index in [4.69, 9.17) is 14.0 Å². The summed E-state index contributed by atoms with van der Waals surface area (Å²) in [6, 6.07) is 10.5. The Bertz CT molecular complexity index is 1190. The van der Waals surface area contributed by atoms with Crippen molar-refractivity contribution in [2.24, 2.45) is 0 Å². The number of benzene rings is 2. The molecule has 3 aromatic rings. The number of para-hydroxylation sites is 1. The van der Waals surface area contributed by atoms with Gasteiger partial charge in [-0.05, 0) is 63.4 Å². The number of aromatic nitrogens is 1. The number of methoxy groups -OCH3 is 1. The number of ether oxygens (including phenoxy) is 2. The largest absolute Gasteiger partial charge is 0.493 e. The summed E-state index contributed by atoms with van der Waals surface area (Å²) < 4.78 is 16.5. The summed E-state index contributed by atoms with van der Waals surface area (Å²) >= 11 is 0. The third-order valence-electron chi connectivity index (χ3n) is 6.11. The van der Waals surface area contributed by atoms with Gasteiger partial charge in [0.15, 0.2) is 11.5 Å². The molecule has 0 bridgehead atoms. The van der Waals surface area contributed by atoms with Crippen LogP contribution >= 0.6 is 0 Å². The fourth-order valence-electron chi connectivity index (χ4n) is 4.07. The van der Waals surface area contributed by atoms with Crippen LogP contribution in [0.2, 0.25) is 0 Å². The SMILES string of the molecule is COc1cc(C(=O)Nc2c(C)cccc2C(=O)N2CCCC2)ccc1OCc1c(C)noc1C. The Morgan fingerprint density at radius 3 is 2.53 bits per heavy atom. The van der Waals surface area contributed by atoms with Crippen LogP contribution in [0.5, 0.6) is 11.5 Å². The van der Waals surface area contributed by atoms with Gasteiger partial charge in [-0.25, -0.2) is 0 Å². The Balaban J connectivity index is 1.53. The highest BCUT2D eigenvalue weighted by Crippen LogP contribution is 2.31. The van der Waals surface area contributed by atoms with Crippen molar-refractivity contribution in [3.8, 4) is 11.5 Å². The third kappa shape index (κ3) is 4.76. The average Bonchev–Trinajstić information content (AvgIpc) is 3.48. The first-order chi connectivity index (χ1) is 16.4. The molecule has 0 radical (unpaired) electrons. The van der Waals surface area contributed by atoms with Gasteiger partial charge < -0.3 is 24.2 Å². The fraction of sp³-hybridized carbons (Fsp3) is 0.346. The summed E-state index contributed by atoms with van der Waals surface area (Å²) in [5, 5.41) is 6.87. The summed E-state index contributed by atoms with van der Waals surface area (Å²) in [6.45, 7) is 7.32. The number of hydrogen-bond acceptors (Lipinski definition) is 6. The van der Waals surface area contributed by atoms with Crippen molar-refractivity contribution in [3.63, 3.8) is 0 Å². The van der Waals surface area contributed by atoms with Crippen molar-refractivity contribution >= 4 is 17.5 Å². The van der Waals surface area contributed by atoms with E-state index in [0.29, 0.717) is 34.1 Å². The van der Waals surface area contributed by atoms with Crippen LogP contribution in [0.25, 0.3) is 0 Å². The predicted molar refractivity (Wildman–Crippen MR) is 128 cm³/mol. The van der Waals surface area contributed by atoms with Crippen molar-refractivity contribution < 1.29 is 23.6 Å². The molecule has 0 aliphatic carbocycles. The van der Waals surface area contributed by atoms with Crippen LogP contribution in [0.1, 0.15) is 56.1 Å². The number of nitrogens with one attached hydrogen (secondary N) is 1. The van der Waals surface area contributed by atoms with Crippen LogP contribution in [0.15, 0.2) is 40.9 Å². The summed E-state index contributed by atoms with van der Waals surface area (Å²) in [6.07, 6.45) is 2.01. The lowest BCUT2D eigenvalue weighted by Gasteiger charge is -2.19. The van der Waals surface area contributed by atoms with Crippen molar-refractivity contribution in [1.82, 2.24) is 10.1 Å². The average molecular weight is 464 g/mol. The van der Waals surface area contributed by atoms with Crippen LogP contribution in [0.3, 0.4) is 0 Å². The Morgan fingerprint density at radius 1 is 1.09 bits per heavy atom. The molecular weight excluding hydrogens is 434 g/mol. The van der Waals surface area contributed by atoms with Gasteiger partial charge in [0.2, 0.25) is 0 Å². The van der Waals surface area contributed by atoms with E-state index in [9.17, 15) is 9.59 Å². The number of hydrogen-bond donors (Lipinski definition) is 1. The zero-order chi connectivity index (χ0) is 24.2. The molecule has 1 saturated heterocycles. The van der Waals surface area contributed by atoms with Crippen LogP contribution in [0, 0.1) is 20.8 Å². The van der Waals surface area contributed by atoms with Gasteiger partial charge in [0.1, 0.15) is 12.4 Å². The number of aryl methyl sites for hydroxylation is 3. The van der Waals surface area contributed by atoms with Gasteiger partial charge in [0.05, 0.1) is 29.6 Å². The second kappa shape index (κ2) is 9.99. The second-order valence-corrected chi connectivity index (χ2v) is 8.41. The zero-order valence-corrected chi connectivity index (χ0v) is 19.9. The van der Waals surface area contributed by atoms with Crippen LogP contribution in [-0.4, -0.2) is 42.1 Å². The Labute approximate surface area is 198 Å². The van der Waals surface area contributed by atoms with Crippen LogP contribution in [-0.2, 0) is 6.61 Å². The van der Waals surface area contributed by atoms with Crippen molar-refractivity contribution in [3.05, 3.63) is 70.1 Å². The molecule has 1 aliphatic heterocycles. The van der Waals surface area contributed by atoms with Crippen LogP contribution in [0.4, 0.5) is 5.69 Å². The minimum absolute atomic E-state index is 0.0582. The predicted octanol–water partition coefficient (Wildman–Crippen LogP) is 4.68. The molecule has 0 saturated carbocycles. The lowest BCUT2D eigenvalue weighted by Crippen LogP contribution is -2.29. The monoisotopic (exact) mass is 463 g/mol. The maximum atomic E-state index is 13.1. The first kappa shape index (κ1) is 23.4. The summed E-state index contributed by atoms with van der Waals surface area (Å²) in [4.78, 5) is 28.0. The van der Waals surface area contributed by atoms with Crippen molar-refractivity contribution in [2.75, 3.05) is 25.5 Å². The highest BCUT2D eigenvalue weighted by Gasteiger charge is 2.24. The molecule has 1 N–H and O–H groups in total. The highest BCUT2D eigenvalue weighted by atomic mass is 16.5. The number of amides is 2. The molecule has 178 valence electrons. The van der Waals surface area contributed by atoms with Gasteiger partial charge in [0, 0.05) is 18.7 Å². The van der Waals surface area contributed by atoms with Gasteiger partial charge in [0.25, 0.3) is 11.8 Å². The molecule has 2 aromatic carbocycles. The second-order valence-electron chi connectivity index (χ2n) is 8.41. The molecule has 2 heterocycles. The highest BCUT2D eigenvalue weighted by molar-refractivity contribution is 6.09. The van der Waals surface area contributed by atoms with Gasteiger partial charge in [-0.3, -0.25) is 9.59 Å². The van der Waals surface area contributed by atoms with Crippen molar-refractivity contribution in [1.29, 1.82) is 0 Å². The Hall–Kier alpha value is -3.81. The van der Waals surface area contributed by atoms with Crippen LogP contribution < -0.4 is 14.8 Å². The smallest absolute Gasteiger partial charge is 0.255 e. The minimum Gasteiger partial charge on any atom is -0.493 e. The fourth-order valence-corrected chi connectivity index (χ4v) is 4.07. The number of anilines is 1. The molecule has 8 nitrogen and oxygen atoms in total. The molecule has 8 heteroatoms. The number of rotatable bonds is 7. The molecule has 2 amide bonds. The number of carbonyl (C=O) groups excluding carboxylic acids is 2. The zero-order valence-electron chi connectivity index (χ0n) is 19.9. The summed E-state index contributed by atoms with van der Waals surface area (Å²) in [5.74, 6) is 1.24. The number of nitrogens with zero attached hydrogens (tertiary/aromatic N) is 2. The van der Waals surface area contributed by atoms with Gasteiger partial charge in [-0.1, -0.05) is 17.3 Å². The van der Waals surface area contributed by atoms with E-state index in [1.807, 2.05) is 37.8 Å². The first-order valence-electron chi connectivity index (χ1n) is 11.3. The van der Waals surface area contributed by atoms with Gasteiger partial charge in [-0.15, -0.1) is 0 Å². The molecule has 1 fully saturated rings. The van der Waals surface area contributed by atoms with Crippen molar-refractivity contribution in [2.45, 2.75) is 40.2 Å². The third-order valence-corrected chi connectivity index (χ3v) is 6.11. The summed E-state index contributed by atoms with van der Waals surface area (Å²) in [5.41, 5.74) is 3.89. The van der Waals surface area contributed by atoms with E-state index in [0.717, 1.165) is 42.8 Å². The molecule has 34 heavy (non-hydrogen) atoms. The maximum Gasteiger partial charge on any atom is 0.255 e. The van der Waals surface area contributed by atoms with E-state index in [1.54, 1.807) is 24.3 Å². The lowest BCUT2D eigenvalue weighted by atomic mass is 10.1. The molecule has 1 aromatic heterocycles. The van der Waals surface area contributed by atoms with E-state index < -0.39 is 0 Å². The molecule has 1 aliphatic rings. The number of likely N-dealkylation sites (tertiary alicyclic amines) is 1. The summed E-state index contributed by atoms with van der Waals surface area (Å²) in [7, 11) is 1.52. The first-order valence-corrected chi connectivity index (χ1v) is 11.3. The molecule has 0 spiro atoms. The van der Waals surface area contributed by atoms with Gasteiger partial charge in [-0.2, -0.15) is 0 Å². The standard InChI is InChI=1S/C26H29N3O5/c1-16-8-7-9-20(26(31)29-12-5-6-13-29)24(16)27-25(30)19-10-11-22(23(14-19)32-4)33-15-21-17(2)28-34-18(21)3/h7-11,14H,5-6,12-13,15H2,1-4H3,(H,27,30). The quantitative estimate of drug-likeness (QED) is 0.547. The van der Waals surface area contributed by atoms with E-state index >= 15 is 0 Å². The number of carbonyl (C=O) groups is 2. The van der Waals surface area contributed by atoms with Gasteiger partial charge >= 0.3 is 0 Å². The molecule has 0 unspecified atom stereocenters. The topological polar surface area (TPSA) is 93.9 Å². The Morgan fingerprint density at radius 2 is 1.85 bits per heavy atom. The normalized spacial score (nSPS) is 13.1. The van der Waals surface area contributed by atoms with E-state index in [1.165, 1.54) is 7.11 Å². The van der Waals surface area contributed by atoms with E-state index in [2.05, 4.69) is 10.5 Å².